The molecule has 0 aromatic heterocycles. The molecule has 6 rings (SSSR count). The molecule has 1 amide bonds. The average Bonchev–Trinajstić information content (AvgIpc) is 3.75. The van der Waals surface area contributed by atoms with Crippen molar-refractivity contribution in [1.82, 2.24) is 5.32 Å². The van der Waals surface area contributed by atoms with Gasteiger partial charge in [-0.05, 0) is 91.8 Å². The topological polar surface area (TPSA) is 66.5 Å². The van der Waals surface area contributed by atoms with Crippen LogP contribution in [-0.4, -0.2) is 37.9 Å². The van der Waals surface area contributed by atoms with E-state index in [1.54, 1.807) is 12.1 Å². The Morgan fingerprint density at radius 1 is 1.12 bits per heavy atom. The van der Waals surface area contributed by atoms with Gasteiger partial charge in [0.1, 0.15) is 5.82 Å². The molecular formula is C26H29FN2O3S2. The standard InChI is InChI=1S/C26H29FN2O3S2/c27-19-4-8-22(9-5-19)34(31,32)29-16-26(11-12-33-21(15-26)13-17-1-2-17)23-14-18(3-10-24(23)29)25(30)28-20-6-7-20/h3-5,8-10,14,17,20-21H,1-2,6-7,11-13,15-16H2,(H,28,30). The lowest BCUT2D eigenvalue weighted by Crippen LogP contribution is -2.41. The fourth-order valence-corrected chi connectivity index (χ4v) is 8.75. The molecule has 3 fully saturated rings. The van der Waals surface area contributed by atoms with E-state index in [1.807, 2.05) is 17.8 Å². The highest BCUT2D eigenvalue weighted by molar-refractivity contribution is 7.99. The molecule has 8 heteroatoms. The fourth-order valence-electron chi connectivity index (χ4n) is 5.49. The number of halogens is 1. The van der Waals surface area contributed by atoms with Gasteiger partial charge >= 0.3 is 0 Å². The molecule has 2 aliphatic carbocycles. The maximum absolute atomic E-state index is 13.7. The van der Waals surface area contributed by atoms with Crippen LogP contribution in [0, 0.1) is 11.7 Å². The van der Waals surface area contributed by atoms with Gasteiger partial charge in [-0.2, -0.15) is 11.8 Å². The van der Waals surface area contributed by atoms with Crippen molar-refractivity contribution in [3.8, 4) is 0 Å². The molecule has 0 bridgehead atoms. The molecule has 4 aliphatic rings. The number of amides is 1. The predicted molar refractivity (Wildman–Crippen MR) is 132 cm³/mol. The molecule has 2 atom stereocenters. The summed E-state index contributed by atoms with van der Waals surface area (Å²) < 4.78 is 42.4. The van der Waals surface area contributed by atoms with Gasteiger partial charge in [-0.25, -0.2) is 12.8 Å². The molecule has 5 nitrogen and oxygen atoms in total. The average molecular weight is 501 g/mol. The van der Waals surface area contributed by atoms with Crippen LogP contribution >= 0.6 is 11.8 Å². The molecule has 1 N–H and O–H groups in total. The zero-order valence-electron chi connectivity index (χ0n) is 19.0. The highest BCUT2D eigenvalue weighted by atomic mass is 32.2. The van der Waals surface area contributed by atoms with Crippen LogP contribution < -0.4 is 9.62 Å². The lowest BCUT2D eigenvalue weighted by Gasteiger charge is -2.38. The number of anilines is 1. The minimum Gasteiger partial charge on any atom is -0.349 e. The third-order valence-electron chi connectivity index (χ3n) is 7.70. The maximum atomic E-state index is 13.7. The quantitative estimate of drug-likeness (QED) is 0.615. The second-order valence-corrected chi connectivity index (χ2v) is 13.6. The fraction of sp³-hybridized carbons (Fsp3) is 0.500. The van der Waals surface area contributed by atoms with E-state index >= 15 is 0 Å². The second-order valence-electron chi connectivity index (χ2n) is 10.4. The Morgan fingerprint density at radius 3 is 2.59 bits per heavy atom. The summed E-state index contributed by atoms with van der Waals surface area (Å²) in [5, 5.41) is 3.56. The Bertz CT molecular complexity index is 1230. The molecule has 2 heterocycles. The number of hydrogen-bond acceptors (Lipinski definition) is 4. The monoisotopic (exact) mass is 500 g/mol. The van der Waals surface area contributed by atoms with Gasteiger partial charge < -0.3 is 5.32 Å². The van der Waals surface area contributed by atoms with Crippen molar-refractivity contribution >= 4 is 33.4 Å². The van der Waals surface area contributed by atoms with Crippen molar-refractivity contribution in [3.63, 3.8) is 0 Å². The first kappa shape index (κ1) is 22.4. The Morgan fingerprint density at radius 2 is 1.88 bits per heavy atom. The van der Waals surface area contributed by atoms with Gasteiger partial charge in [0, 0.05) is 28.8 Å². The van der Waals surface area contributed by atoms with Gasteiger partial charge in [0.2, 0.25) is 0 Å². The van der Waals surface area contributed by atoms with E-state index in [2.05, 4.69) is 5.32 Å². The second kappa shape index (κ2) is 8.26. The van der Waals surface area contributed by atoms with Crippen molar-refractivity contribution in [1.29, 1.82) is 0 Å². The van der Waals surface area contributed by atoms with E-state index in [0.29, 0.717) is 23.0 Å². The van der Waals surface area contributed by atoms with Gasteiger partial charge in [0.15, 0.2) is 0 Å². The summed E-state index contributed by atoms with van der Waals surface area (Å²) in [6.07, 6.45) is 7.64. The zero-order valence-corrected chi connectivity index (χ0v) is 20.6. The summed E-state index contributed by atoms with van der Waals surface area (Å²) in [5.74, 6) is 1.25. The maximum Gasteiger partial charge on any atom is 0.264 e. The van der Waals surface area contributed by atoms with Crippen LogP contribution in [0.3, 0.4) is 0 Å². The Labute approximate surface area is 204 Å². The minimum atomic E-state index is -3.86. The van der Waals surface area contributed by atoms with Gasteiger partial charge in [0.05, 0.1) is 10.6 Å². The van der Waals surface area contributed by atoms with Crippen LogP contribution in [0.1, 0.15) is 60.9 Å². The van der Waals surface area contributed by atoms with E-state index in [0.717, 1.165) is 42.9 Å². The molecule has 1 saturated heterocycles. The molecule has 2 aromatic rings. The van der Waals surface area contributed by atoms with E-state index < -0.39 is 15.8 Å². The predicted octanol–water partition coefficient (Wildman–Crippen LogP) is 4.86. The zero-order chi connectivity index (χ0) is 23.5. The number of fused-ring (bicyclic) bond motifs is 2. The molecular weight excluding hydrogens is 471 g/mol. The molecule has 2 aromatic carbocycles. The van der Waals surface area contributed by atoms with Crippen molar-refractivity contribution in [2.45, 2.75) is 66.5 Å². The number of benzene rings is 2. The Balaban J connectivity index is 1.39. The van der Waals surface area contributed by atoms with E-state index in [-0.39, 0.29) is 22.3 Å². The van der Waals surface area contributed by atoms with Crippen LogP contribution in [0.2, 0.25) is 0 Å². The van der Waals surface area contributed by atoms with Crippen LogP contribution in [0.5, 0.6) is 0 Å². The highest BCUT2D eigenvalue weighted by Crippen LogP contribution is 2.53. The minimum absolute atomic E-state index is 0.0833. The summed E-state index contributed by atoms with van der Waals surface area (Å²) in [6.45, 7) is 0.372. The van der Waals surface area contributed by atoms with Crippen LogP contribution in [0.25, 0.3) is 0 Å². The summed E-state index contributed by atoms with van der Waals surface area (Å²) >= 11 is 2.01. The number of thioether (sulfide) groups is 1. The first-order chi connectivity index (χ1) is 16.3. The lowest BCUT2D eigenvalue weighted by atomic mass is 9.74. The van der Waals surface area contributed by atoms with Crippen molar-refractivity contribution in [2.24, 2.45) is 5.92 Å². The van der Waals surface area contributed by atoms with Crippen molar-refractivity contribution < 1.29 is 17.6 Å². The van der Waals surface area contributed by atoms with E-state index in [4.69, 9.17) is 0 Å². The first-order valence-corrected chi connectivity index (χ1v) is 14.7. The van der Waals surface area contributed by atoms with Gasteiger partial charge in [-0.1, -0.05) is 12.8 Å². The number of rotatable bonds is 6. The van der Waals surface area contributed by atoms with E-state index in [9.17, 15) is 17.6 Å². The molecule has 180 valence electrons. The van der Waals surface area contributed by atoms with Crippen molar-refractivity contribution in [2.75, 3.05) is 16.6 Å². The largest absolute Gasteiger partial charge is 0.349 e. The highest BCUT2D eigenvalue weighted by Gasteiger charge is 2.50. The molecule has 0 radical (unpaired) electrons. The Hall–Kier alpha value is -2.06. The normalized spacial score (nSPS) is 26.5. The van der Waals surface area contributed by atoms with Gasteiger partial charge in [-0.3, -0.25) is 9.10 Å². The smallest absolute Gasteiger partial charge is 0.264 e. The summed E-state index contributed by atoms with van der Waals surface area (Å²) in [6, 6.07) is 10.8. The number of carbonyl (C=O) groups excluding carboxylic acids is 1. The van der Waals surface area contributed by atoms with Gasteiger partial charge in [0.25, 0.3) is 15.9 Å². The SMILES string of the molecule is O=C(NC1CC1)c1ccc2c(c1)C1(CCSC(CC3CC3)C1)CN2S(=O)(=O)c1ccc(F)cc1. The Kier molecular flexibility index (Phi) is 5.44. The number of carbonyl (C=O) groups is 1. The number of nitrogens with zero attached hydrogens (tertiary/aromatic N) is 1. The van der Waals surface area contributed by atoms with Gasteiger partial charge in [-0.15, -0.1) is 0 Å². The van der Waals surface area contributed by atoms with Crippen LogP contribution in [0.4, 0.5) is 10.1 Å². The van der Waals surface area contributed by atoms with Crippen molar-refractivity contribution in [3.05, 3.63) is 59.4 Å². The summed E-state index contributed by atoms with van der Waals surface area (Å²) in [7, 11) is -3.86. The molecule has 2 saturated carbocycles. The summed E-state index contributed by atoms with van der Waals surface area (Å²) in [5.41, 5.74) is 1.93. The first-order valence-electron chi connectivity index (χ1n) is 12.2. The third kappa shape index (κ3) is 4.13. The summed E-state index contributed by atoms with van der Waals surface area (Å²) in [4.78, 5) is 12.9. The lowest BCUT2D eigenvalue weighted by molar-refractivity contribution is 0.0951. The molecule has 1 spiro atoms. The van der Waals surface area contributed by atoms with E-state index in [1.165, 1.54) is 47.8 Å². The molecule has 2 aliphatic heterocycles. The number of hydrogen-bond donors (Lipinski definition) is 1. The van der Waals surface area contributed by atoms with Crippen LogP contribution in [0.15, 0.2) is 47.4 Å². The molecule has 2 unspecified atom stereocenters. The number of sulfonamides is 1. The van der Waals surface area contributed by atoms with Crippen LogP contribution in [-0.2, 0) is 15.4 Å². The molecule has 34 heavy (non-hydrogen) atoms. The number of nitrogens with one attached hydrogen (secondary N) is 1. The third-order valence-corrected chi connectivity index (χ3v) is 10.7.